The van der Waals surface area contributed by atoms with Crippen molar-refractivity contribution in [2.75, 3.05) is 13.2 Å². The van der Waals surface area contributed by atoms with Gasteiger partial charge < -0.3 is 10.1 Å². The maximum absolute atomic E-state index is 13.0. The van der Waals surface area contributed by atoms with Crippen LogP contribution in [0.25, 0.3) is 0 Å². The molecule has 0 saturated carbocycles. The number of allylic oxidation sites excluding steroid dienone is 1. The first-order chi connectivity index (χ1) is 13.5. The Morgan fingerprint density at radius 2 is 1.82 bits per heavy atom. The molecule has 5 nitrogen and oxygen atoms in total. The molecule has 0 bridgehead atoms. The highest BCUT2D eigenvalue weighted by Crippen LogP contribution is 2.34. The van der Waals surface area contributed by atoms with Crippen LogP contribution < -0.4 is 5.32 Å². The fourth-order valence-corrected chi connectivity index (χ4v) is 3.60. The van der Waals surface area contributed by atoms with Crippen LogP contribution in [0.15, 0.2) is 65.9 Å². The van der Waals surface area contributed by atoms with E-state index in [2.05, 4.69) is 5.32 Å². The molecular weight excluding hydrogens is 376 g/mol. The standard InChI is InChI=1S/C22H23ClN2O3/c1-3-25-15(2)19(21(26)28-14-13-16-9-5-4-6-10-16)20(24-22(25)27)17-11-7-8-12-18(17)23/h4-12,20H,3,13-14H2,1-2H3,(H,24,27)/t20-/m0/s1. The zero-order valence-electron chi connectivity index (χ0n) is 15.9. The highest BCUT2D eigenvalue weighted by Gasteiger charge is 2.36. The van der Waals surface area contributed by atoms with E-state index in [0.29, 0.717) is 34.8 Å². The molecule has 1 atom stereocenters. The number of hydrogen-bond donors (Lipinski definition) is 1. The van der Waals surface area contributed by atoms with Crippen molar-refractivity contribution >= 4 is 23.6 Å². The second kappa shape index (κ2) is 8.93. The first kappa shape index (κ1) is 20.0. The maximum Gasteiger partial charge on any atom is 0.338 e. The highest BCUT2D eigenvalue weighted by molar-refractivity contribution is 6.31. The topological polar surface area (TPSA) is 58.6 Å². The van der Waals surface area contributed by atoms with Gasteiger partial charge in [-0.1, -0.05) is 60.1 Å². The van der Waals surface area contributed by atoms with Gasteiger partial charge in [-0.2, -0.15) is 0 Å². The van der Waals surface area contributed by atoms with E-state index in [-0.39, 0.29) is 12.6 Å². The molecule has 28 heavy (non-hydrogen) atoms. The summed E-state index contributed by atoms with van der Waals surface area (Å²) in [7, 11) is 0. The van der Waals surface area contributed by atoms with Gasteiger partial charge >= 0.3 is 12.0 Å². The van der Waals surface area contributed by atoms with Crippen LogP contribution in [0, 0.1) is 0 Å². The summed E-state index contributed by atoms with van der Waals surface area (Å²) in [5, 5.41) is 3.37. The number of nitrogens with one attached hydrogen (secondary N) is 1. The Hall–Kier alpha value is -2.79. The van der Waals surface area contributed by atoms with Crippen molar-refractivity contribution in [2.24, 2.45) is 0 Å². The lowest BCUT2D eigenvalue weighted by Crippen LogP contribution is -2.48. The van der Waals surface area contributed by atoms with Gasteiger partial charge in [0.2, 0.25) is 0 Å². The van der Waals surface area contributed by atoms with Crippen LogP contribution >= 0.6 is 11.6 Å². The Labute approximate surface area is 169 Å². The number of halogens is 1. The third-order valence-corrected chi connectivity index (χ3v) is 5.16. The summed E-state index contributed by atoms with van der Waals surface area (Å²) < 4.78 is 5.56. The van der Waals surface area contributed by atoms with Crippen LogP contribution in [0.3, 0.4) is 0 Å². The average Bonchev–Trinajstić information content (AvgIpc) is 2.69. The molecule has 0 aromatic heterocycles. The second-order valence-corrected chi connectivity index (χ2v) is 6.93. The first-order valence-electron chi connectivity index (χ1n) is 9.27. The molecule has 1 aliphatic heterocycles. The lowest BCUT2D eigenvalue weighted by Gasteiger charge is -2.35. The molecule has 146 valence electrons. The number of carbonyl (C=O) groups excluding carboxylic acids is 2. The van der Waals surface area contributed by atoms with Gasteiger partial charge in [-0.15, -0.1) is 0 Å². The van der Waals surface area contributed by atoms with Crippen molar-refractivity contribution in [1.29, 1.82) is 0 Å². The first-order valence-corrected chi connectivity index (χ1v) is 9.65. The normalized spacial score (nSPS) is 16.8. The van der Waals surface area contributed by atoms with Crippen molar-refractivity contribution in [3.05, 3.63) is 82.0 Å². The van der Waals surface area contributed by atoms with Gasteiger partial charge in [0.15, 0.2) is 0 Å². The van der Waals surface area contributed by atoms with Gasteiger partial charge in [0.05, 0.1) is 18.2 Å². The molecule has 0 radical (unpaired) electrons. The van der Waals surface area contributed by atoms with Crippen molar-refractivity contribution < 1.29 is 14.3 Å². The molecule has 0 saturated heterocycles. The lowest BCUT2D eigenvalue weighted by atomic mass is 9.95. The molecule has 6 heteroatoms. The molecule has 3 rings (SSSR count). The number of urea groups is 1. The number of amides is 2. The molecule has 1 N–H and O–H groups in total. The smallest absolute Gasteiger partial charge is 0.338 e. The van der Waals surface area contributed by atoms with Crippen molar-refractivity contribution in [2.45, 2.75) is 26.3 Å². The minimum Gasteiger partial charge on any atom is -0.462 e. The lowest BCUT2D eigenvalue weighted by molar-refractivity contribution is -0.139. The van der Waals surface area contributed by atoms with E-state index in [0.717, 1.165) is 5.56 Å². The largest absolute Gasteiger partial charge is 0.462 e. The van der Waals surface area contributed by atoms with Crippen LogP contribution in [-0.4, -0.2) is 30.1 Å². The van der Waals surface area contributed by atoms with Crippen LogP contribution in [0.2, 0.25) is 5.02 Å². The maximum atomic E-state index is 13.0. The molecular formula is C22H23ClN2O3. The molecule has 1 aliphatic rings. The van der Waals surface area contributed by atoms with Crippen LogP contribution in [0.1, 0.15) is 31.0 Å². The predicted octanol–water partition coefficient (Wildman–Crippen LogP) is 4.49. The fourth-order valence-electron chi connectivity index (χ4n) is 3.35. The quantitative estimate of drug-likeness (QED) is 0.729. The minimum absolute atomic E-state index is 0.259. The molecule has 2 aromatic rings. The summed E-state index contributed by atoms with van der Waals surface area (Å²) in [6, 6.07) is 16.1. The van der Waals surface area contributed by atoms with Gasteiger partial charge in [0.1, 0.15) is 0 Å². The third-order valence-electron chi connectivity index (χ3n) is 4.82. The Balaban J connectivity index is 1.86. The van der Waals surface area contributed by atoms with E-state index in [9.17, 15) is 9.59 Å². The molecule has 2 amide bonds. The Kier molecular flexibility index (Phi) is 6.37. The van der Waals surface area contributed by atoms with Crippen molar-refractivity contribution in [1.82, 2.24) is 10.2 Å². The summed E-state index contributed by atoms with van der Waals surface area (Å²) in [6.07, 6.45) is 0.625. The predicted molar refractivity (Wildman–Crippen MR) is 109 cm³/mol. The van der Waals surface area contributed by atoms with Gasteiger partial charge in [-0.05, 0) is 31.0 Å². The van der Waals surface area contributed by atoms with Gasteiger partial charge in [0.25, 0.3) is 0 Å². The van der Waals surface area contributed by atoms with Crippen molar-refractivity contribution in [3.8, 4) is 0 Å². The van der Waals surface area contributed by atoms with Gasteiger partial charge in [-0.25, -0.2) is 9.59 Å². The van der Waals surface area contributed by atoms with E-state index in [1.165, 1.54) is 4.90 Å². The van der Waals surface area contributed by atoms with E-state index in [1.54, 1.807) is 19.1 Å². The Morgan fingerprint density at radius 1 is 1.14 bits per heavy atom. The van der Waals surface area contributed by atoms with E-state index in [4.69, 9.17) is 16.3 Å². The number of carbonyl (C=O) groups is 2. The molecule has 0 fully saturated rings. The molecule has 0 aliphatic carbocycles. The van der Waals surface area contributed by atoms with Crippen LogP contribution in [0.5, 0.6) is 0 Å². The van der Waals surface area contributed by atoms with Crippen LogP contribution in [0.4, 0.5) is 4.79 Å². The molecule has 0 unspecified atom stereocenters. The SMILES string of the molecule is CCN1C(=O)N[C@@H](c2ccccc2Cl)C(C(=O)OCCc2ccccc2)=C1C. The number of esters is 1. The van der Waals surface area contributed by atoms with Crippen LogP contribution in [-0.2, 0) is 16.0 Å². The van der Waals surface area contributed by atoms with E-state index in [1.807, 2.05) is 49.4 Å². The Bertz CT molecular complexity index is 896. The highest BCUT2D eigenvalue weighted by atomic mass is 35.5. The fraction of sp³-hybridized carbons (Fsp3) is 0.273. The molecule has 0 spiro atoms. The summed E-state index contributed by atoms with van der Waals surface area (Å²) in [4.78, 5) is 27.0. The van der Waals surface area contributed by atoms with E-state index < -0.39 is 12.0 Å². The van der Waals surface area contributed by atoms with E-state index >= 15 is 0 Å². The second-order valence-electron chi connectivity index (χ2n) is 6.52. The summed E-state index contributed by atoms with van der Waals surface area (Å²) in [5.41, 5.74) is 2.75. The number of ether oxygens (including phenoxy) is 1. The number of benzene rings is 2. The summed E-state index contributed by atoms with van der Waals surface area (Å²) in [5.74, 6) is -0.447. The number of rotatable bonds is 6. The Morgan fingerprint density at radius 3 is 2.50 bits per heavy atom. The monoisotopic (exact) mass is 398 g/mol. The molecule has 2 aromatic carbocycles. The number of nitrogens with zero attached hydrogens (tertiary/aromatic N) is 1. The number of hydrogen-bond acceptors (Lipinski definition) is 3. The zero-order valence-corrected chi connectivity index (χ0v) is 16.7. The average molecular weight is 399 g/mol. The van der Waals surface area contributed by atoms with Gasteiger partial charge in [-0.3, -0.25) is 4.90 Å². The summed E-state index contributed by atoms with van der Waals surface area (Å²) >= 11 is 6.34. The van der Waals surface area contributed by atoms with Crippen molar-refractivity contribution in [3.63, 3.8) is 0 Å². The zero-order chi connectivity index (χ0) is 20.1. The minimum atomic E-state index is -0.645. The van der Waals surface area contributed by atoms with Gasteiger partial charge in [0, 0.05) is 23.7 Å². The molecule has 1 heterocycles. The summed E-state index contributed by atoms with van der Waals surface area (Å²) in [6.45, 7) is 4.33. The third kappa shape index (κ3) is 4.20.